The number of rotatable bonds is 3. The van der Waals surface area contributed by atoms with Gasteiger partial charge in [-0.3, -0.25) is 9.78 Å². The van der Waals surface area contributed by atoms with Gasteiger partial charge in [0.1, 0.15) is 0 Å². The maximum absolute atomic E-state index is 13.1. The van der Waals surface area contributed by atoms with Crippen LogP contribution >= 0.6 is 24.8 Å². The molecule has 148 valence electrons. The van der Waals surface area contributed by atoms with E-state index in [2.05, 4.69) is 16.5 Å². The van der Waals surface area contributed by atoms with Crippen molar-refractivity contribution in [1.29, 1.82) is 0 Å². The highest BCUT2D eigenvalue weighted by atomic mass is 35.5. The molecule has 1 saturated carbocycles. The van der Waals surface area contributed by atoms with Crippen LogP contribution in [0.5, 0.6) is 0 Å². The molecule has 1 aliphatic heterocycles. The van der Waals surface area contributed by atoms with Crippen LogP contribution in [-0.4, -0.2) is 39.5 Å². The second-order valence-electron chi connectivity index (χ2n) is 7.57. The molecule has 1 saturated heterocycles. The zero-order valence-corrected chi connectivity index (χ0v) is 17.4. The number of amides is 1. The predicted molar refractivity (Wildman–Crippen MR) is 112 cm³/mol. The Hall–Kier alpha value is -1.56. The maximum Gasteiger partial charge on any atom is 0.255 e. The van der Waals surface area contributed by atoms with E-state index in [1.165, 1.54) is 0 Å². The number of hydrogen-bond acceptors (Lipinski definition) is 3. The Balaban J connectivity index is 0.00000131. The monoisotopic (exact) mass is 410 g/mol. The standard InChI is InChI=1S/C20H26N4O.2ClH/c1-13-9-17(14(2)24(13)11-16-5-3-4-8-22-16)20(25)23-10-15-6-7-19(21)18(15)12-23;;/h3-5,8-9,15,18-19H,6-7,10-12,21H2,1-2H3;2*1H. The Morgan fingerprint density at radius 1 is 1.22 bits per heavy atom. The van der Waals surface area contributed by atoms with Crippen molar-refractivity contribution in [3.05, 3.63) is 53.1 Å². The molecule has 5 nitrogen and oxygen atoms in total. The summed E-state index contributed by atoms with van der Waals surface area (Å²) in [6.45, 7) is 6.46. The molecular weight excluding hydrogens is 383 g/mol. The van der Waals surface area contributed by atoms with Crippen molar-refractivity contribution in [2.45, 2.75) is 39.3 Å². The molecular formula is C20H28Cl2N4O. The SMILES string of the molecule is Cc1cc(C(=O)N2CC3CCC(N)C3C2)c(C)n1Cc1ccccn1.Cl.Cl. The lowest BCUT2D eigenvalue weighted by Crippen LogP contribution is -2.33. The number of aryl methyl sites for hydroxylation is 1. The number of hydrogen-bond donors (Lipinski definition) is 1. The highest BCUT2D eigenvalue weighted by molar-refractivity contribution is 5.96. The topological polar surface area (TPSA) is 64.2 Å². The second-order valence-corrected chi connectivity index (χ2v) is 7.57. The molecule has 2 aliphatic rings. The van der Waals surface area contributed by atoms with Gasteiger partial charge in [0.2, 0.25) is 0 Å². The Morgan fingerprint density at radius 2 is 2.00 bits per heavy atom. The molecule has 0 spiro atoms. The highest BCUT2D eigenvalue weighted by Gasteiger charge is 2.42. The summed E-state index contributed by atoms with van der Waals surface area (Å²) in [5.41, 5.74) is 10.2. The quantitative estimate of drug-likeness (QED) is 0.844. The summed E-state index contributed by atoms with van der Waals surface area (Å²) in [6, 6.07) is 8.22. The minimum atomic E-state index is 0. The van der Waals surface area contributed by atoms with Gasteiger partial charge < -0.3 is 15.2 Å². The fraction of sp³-hybridized carbons (Fsp3) is 0.500. The van der Waals surface area contributed by atoms with Gasteiger partial charge in [-0.15, -0.1) is 24.8 Å². The van der Waals surface area contributed by atoms with Crippen LogP contribution in [0.15, 0.2) is 30.5 Å². The molecule has 2 fully saturated rings. The molecule has 0 aromatic carbocycles. The third-order valence-corrected chi connectivity index (χ3v) is 6.05. The van der Waals surface area contributed by atoms with E-state index in [-0.39, 0.29) is 36.8 Å². The number of pyridine rings is 1. The van der Waals surface area contributed by atoms with Crippen molar-refractivity contribution >= 4 is 30.7 Å². The molecule has 27 heavy (non-hydrogen) atoms. The second kappa shape index (κ2) is 8.63. The fourth-order valence-corrected chi connectivity index (χ4v) is 4.56. The first kappa shape index (κ1) is 21.7. The van der Waals surface area contributed by atoms with Gasteiger partial charge in [0.15, 0.2) is 0 Å². The number of nitrogens with two attached hydrogens (primary N) is 1. The van der Waals surface area contributed by atoms with Gasteiger partial charge >= 0.3 is 0 Å². The lowest BCUT2D eigenvalue weighted by molar-refractivity contribution is 0.0778. The smallest absolute Gasteiger partial charge is 0.255 e. The van der Waals surface area contributed by atoms with Crippen LogP contribution in [0.25, 0.3) is 0 Å². The third kappa shape index (κ3) is 4.00. The van der Waals surface area contributed by atoms with Gasteiger partial charge in [-0.25, -0.2) is 0 Å². The average molecular weight is 411 g/mol. The number of halogens is 2. The zero-order valence-electron chi connectivity index (χ0n) is 15.8. The van der Waals surface area contributed by atoms with Crippen LogP contribution in [-0.2, 0) is 6.54 Å². The molecule has 2 aromatic heterocycles. The van der Waals surface area contributed by atoms with E-state index in [4.69, 9.17) is 5.73 Å². The van der Waals surface area contributed by atoms with E-state index in [1.54, 1.807) is 0 Å². The largest absolute Gasteiger partial charge is 0.342 e. The summed E-state index contributed by atoms with van der Waals surface area (Å²) >= 11 is 0. The molecule has 3 atom stereocenters. The van der Waals surface area contributed by atoms with Crippen molar-refractivity contribution in [1.82, 2.24) is 14.5 Å². The lowest BCUT2D eigenvalue weighted by Gasteiger charge is -2.19. The minimum Gasteiger partial charge on any atom is -0.342 e. The van der Waals surface area contributed by atoms with E-state index in [9.17, 15) is 4.79 Å². The van der Waals surface area contributed by atoms with Crippen molar-refractivity contribution in [2.24, 2.45) is 17.6 Å². The summed E-state index contributed by atoms with van der Waals surface area (Å²) in [7, 11) is 0. The van der Waals surface area contributed by atoms with Crippen molar-refractivity contribution in [2.75, 3.05) is 13.1 Å². The first-order chi connectivity index (χ1) is 12.0. The number of fused-ring (bicyclic) bond motifs is 1. The number of nitrogens with zero attached hydrogens (tertiary/aromatic N) is 3. The Kier molecular flexibility index (Phi) is 6.95. The fourth-order valence-electron chi connectivity index (χ4n) is 4.56. The molecule has 2 aromatic rings. The van der Waals surface area contributed by atoms with Crippen LogP contribution in [0.3, 0.4) is 0 Å². The summed E-state index contributed by atoms with van der Waals surface area (Å²) in [4.78, 5) is 19.5. The molecule has 1 aliphatic carbocycles. The van der Waals surface area contributed by atoms with Crippen LogP contribution < -0.4 is 5.73 Å². The number of likely N-dealkylation sites (tertiary alicyclic amines) is 1. The molecule has 3 unspecified atom stereocenters. The summed E-state index contributed by atoms with van der Waals surface area (Å²) in [5, 5.41) is 0. The first-order valence-electron chi connectivity index (χ1n) is 9.16. The Labute approximate surface area is 173 Å². The molecule has 4 rings (SSSR count). The minimum absolute atomic E-state index is 0. The van der Waals surface area contributed by atoms with E-state index >= 15 is 0 Å². The normalized spacial score (nSPS) is 23.5. The van der Waals surface area contributed by atoms with Gasteiger partial charge in [-0.1, -0.05) is 6.07 Å². The summed E-state index contributed by atoms with van der Waals surface area (Å²) in [5.74, 6) is 1.24. The van der Waals surface area contributed by atoms with Crippen LogP contribution in [0.2, 0.25) is 0 Å². The number of aromatic nitrogens is 2. The molecule has 7 heteroatoms. The lowest BCUT2D eigenvalue weighted by atomic mass is 9.98. The summed E-state index contributed by atoms with van der Waals surface area (Å²) < 4.78 is 2.18. The van der Waals surface area contributed by atoms with Crippen LogP contribution in [0.1, 0.15) is 40.3 Å². The van der Waals surface area contributed by atoms with Gasteiger partial charge in [-0.2, -0.15) is 0 Å². The van der Waals surface area contributed by atoms with Crippen molar-refractivity contribution < 1.29 is 4.79 Å². The van der Waals surface area contributed by atoms with Crippen molar-refractivity contribution in [3.8, 4) is 0 Å². The van der Waals surface area contributed by atoms with Gasteiger partial charge in [-0.05, 0) is 56.7 Å². The van der Waals surface area contributed by atoms with Crippen LogP contribution in [0.4, 0.5) is 0 Å². The molecule has 3 heterocycles. The number of carbonyl (C=O) groups is 1. The Morgan fingerprint density at radius 3 is 2.67 bits per heavy atom. The highest BCUT2D eigenvalue weighted by Crippen LogP contribution is 2.37. The maximum atomic E-state index is 13.1. The van der Waals surface area contributed by atoms with Gasteiger partial charge in [0.05, 0.1) is 17.8 Å². The van der Waals surface area contributed by atoms with E-state index in [1.807, 2.05) is 42.3 Å². The summed E-state index contributed by atoms with van der Waals surface area (Å²) in [6.07, 6.45) is 4.08. The third-order valence-electron chi connectivity index (χ3n) is 6.05. The van der Waals surface area contributed by atoms with E-state index < -0.39 is 0 Å². The van der Waals surface area contributed by atoms with E-state index in [0.717, 1.165) is 48.6 Å². The first-order valence-corrected chi connectivity index (χ1v) is 9.16. The van der Waals surface area contributed by atoms with Crippen molar-refractivity contribution in [3.63, 3.8) is 0 Å². The molecule has 1 amide bonds. The van der Waals surface area contributed by atoms with Gasteiger partial charge in [0.25, 0.3) is 5.91 Å². The molecule has 0 radical (unpaired) electrons. The average Bonchev–Trinajstić information content (AvgIpc) is 3.26. The van der Waals surface area contributed by atoms with Crippen LogP contribution in [0, 0.1) is 25.7 Å². The van der Waals surface area contributed by atoms with Gasteiger partial charge in [0, 0.05) is 36.7 Å². The number of carbonyl (C=O) groups excluding carboxylic acids is 1. The predicted octanol–water partition coefficient (Wildman–Crippen LogP) is 3.20. The molecule has 0 bridgehead atoms. The Bertz CT molecular complexity index is 793. The van der Waals surface area contributed by atoms with E-state index in [0.29, 0.717) is 18.4 Å². The molecule has 2 N–H and O–H groups in total. The zero-order chi connectivity index (χ0) is 17.6.